The second kappa shape index (κ2) is 10.2. The molecule has 0 atom stereocenters. The van der Waals surface area contributed by atoms with Crippen LogP contribution in [0.25, 0.3) is 0 Å². The van der Waals surface area contributed by atoms with E-state index in [1.807, 2.05) is 47.4 Å². The van der Waals surface area contributed by atoms with E-state index in [-0.39, 0.29) is 17.8 Å². The van der Waals surface area contributed by atoms with Gasteiger partial charge in [0, 0.05) is 25.2 Å². The van der Waals surface area contributed by atoms with Crippen LogP contribution in [0.3, 0.4) is 0 Å². The zero-order valence-electron chi connectivity index (χ0n) is 17.5. The van der Waals surface area contributed by atoms with E-state index in [4.69, 9.17) is 4.74 Å². The smallest absolute Gasteiger partial charge is 0.272 e. The van der Waals surface area contributed by atoms with E-state index in [0.29, 0.717) is 30.8 Å². The van der Waals surface area contributed by atoms with Gasteiger partial charge in [-0.05, 0) is 54.3 Å². The average molecular weight is 419 g/mol. The summed E-state index contributed by atoms with van der Waals surface area (Å²) in [4.78, 5) is 19.3. The monoisotopic (exact) mass is 418 g/mol. The van der Waals surface area contributed by atoms with Crippen molar-refractivity contribution in [2.45, 2.75) is 44.7 Å². The van der Waals surface area contributed by atoms with Gasteiger partial charge in [0.15, 0.2) is 0 Å². The predicted molar refractivity (Wildman–Crippen MR) is 118 cm³/mol. The predicted octanol–water partition coefficient (Wildman–Crippen LogP) is 5.43. The summed E-state index contributed by atoms with van der Waals surface area (Å²) in [7, 11) is 0. The fourth-order valence-electron chi connectivity index (χ4n) is 4.09. The van der Waals surface area contributed by atoms with Crippen molar-refractivity contribution in [1.82, 2.24) is 9.88 Å². The molecule has 0 saturated heterocycles. The largest absolute Gasteiger partial charge is 0.493 e. The molecule has 1 aliphatic rings. The summed E-state index contributed by atoms with van der Waals surface area (Å²) >= 11 is 0. The maximum Gasteiger partial charge on any atom is 0.272 e. The zero-order valence-corrected chi connectivity index (χ0v) is 17.5. The number of halogens is 1. The number of hydrogen-bond donors (Lipinski definition) is 0. The van der Waals surface area contributed by atoms with Crippen LogP contribution in [0.15, 0.2) is 72.9 Å². The normalized spacial score (nSPS) is 13.8. The Morgan fingerprint density at radius 3 is 2.45 bits per heavy atom. The lowest BCUT2D eigenvalue weighted by Gasteiger charge is -2.29. The first-order chi connectivity index (χ1) is 15.2. The Hall–Kier alpha value is -3.21. The van der Waals surface area contributed by atoms with Crippen LogP contribution in [0.5, 0.6) is 5.75 Å². The van der Waals surface area contributed by atoms with Crippen LogP contribution in [0.1, 0.15) is 47.3 Å². The molecule has 1 aliphatic carbocycles. The fraction of sp³-hybridized carbons (Fsp3) is 0.308. The first-order valence-corrected chi connectivity index (χ1v) is 10.9. The number of pyridine rings is 1. The first kappa shape index (κ1) is 21.0. The molecule has 3 aromatic rings. The van der Waals surface area contributed by atoms with Gasteiger partial charge in [0.1, 0.15) is 17.3 Å². The molecule has 1 aromatic heterocycles. The molecule has 160 valence electrons. The number of carbonyl (C=O) groups excluding carboxylic acids is 1. The van der Waals surface area contributed by atoms with E-state index in [0.717, 1.165) is 37.0 Å². The fourth-order valence-corrected chi connectivity index (χ4v) is 4.09. The number of rotatable bonds is 8. The lowest BCUT2D eigenvalue weighted by molar-refractivity contribution is 0.0658. The van der Waals surface area contributed by atoms with Gasteiger partial charge in [-0.25, -0.2) is 4.39 Å². The van der Waals surface area contributed by atoms with Crippen molar-refractivity contribution >= 4 is 5.91 Å². The average Bonchev–Trinajstić information content (AvgIpc) is 3.34. The summed E-state index contributed by atoms with van der Waals surface area (Å²) in [6.07, 6.45) is 6.57. The molecule has 4 rings (SSSR count). The highest BCUT2D eigenvalue weighted by molar-refractivity contribution is 5.92. The Kier molecular flexibility index (Phi) is 6.92. The maximum absolute atomic E-state index is 13.7. The van der Waals surface area contributed by atoms with Crippen LogP contribution in [-0.2, 0) is 13.0 Å². The van der Waals surface area contributed by atoms with Crippen LogP contribution in [0, 0.1) is 5.82 Å². The third kappa shape index (κ3) is 5.48. The summed E-state index contributed by atoms with van der Waals surface area (Å²) < 4.78 is 19.5. The van der Waals surface area contributed by atoms with Crippen molar-refractivity contribution in [2.24, 2.45) is 0 Å². The molecule has 1 fully saturated rings. The Balaban J connectivity index is 1.38. The van der Waals surface area contributed by atoms with Crippen molar-refractivity contribution in [3.05, 3.63) is 95.6 Å². The van der Waals surface area contributed by atoms with Crippen LogP contribution in [0.4, 0.5) is 4.39 Å². The number of nitrogens with zero attached hydrogens (tertiary/aromatic N) is 2. The lowest BCUT2D eigenvalue weighted by Crippen LogP contribution is -2.38. The molecule has 0 radical (unpaired) electrons. The topological polar surface area (TPSA) is 42.4 Å². The zero-order chi connectivity index (χ0) is 21.5. The van der Waals surface area contributed by atoms with Crippen molar-refractivity contribution in [1.29, 1.82) is 0 Å². The highest BCUT2D eigenvalue weighted by atomic mass is 19.1. The SMILES string of the molecule is O=C(c1ccccn1)N(Cc1ccc(OCCc2ccccc2F)cc1)C1CCCC1. The lowest BCUT2D eigenvalue weighted by atomic mass is 10.1. The van der Waals surface area contributed by atoms with Gasteiger partial charge in [0.25, 0.3) is 5.91 Å². The van der Waals surface area contributed by atoms with Crippen LogP contribution in [0.2, 0.25) is 0 Å². The Morgan fingerprint density at radius 1 is 1.00 bits per heavy atom. The number of ether oxygens (including phenoxy) is 1. The summed E-state index contributed by atoms with van der Waals surface area (Å²) in [5.41, 5.74) is 2.19. The number of amides is 1. The summed E-state index contributed by atoms with van der Waals surface area (Å²) in [5, 5.41) is 0. The minimum Gasteiger partial charge on any atom is -0.493 e. The molecule has 31 heavy (non-hydrogen) atoms. The molecule has 1 heterocycles. The molecule has 0 unspecified atom stereocenters. The molecule has 1 saturated carbocycles. The molecule has 2 aromatic carbocycles. The standard InChI is InChI=1S/C26H27FN2O2/c27-24-10-4-1-7-21(24)16-18-31-23-14-12-20(13-15-23)19-29(22-8-2-3-9-22)26(30)25-11-5-6-17-28-25/h1,4-7,10-15,17,22H,2-3,8-9,16,18-19H2. The Morgan fingerprint density at radius 2 is 1.74 bits per heavy atom. The van der Waals surface area contributed by atoms with E-state index in [1.54, 1.807) is 24.4 Å². The quantitative estimate of drug-likeness (QED) is 0.490. The molecule has 0 bridgehead atoms. The van der Waals surface area contributed by atoms with E-state index in [1.165, 1.54) is 6.07 Å². The highest BCUT2D eigenvalue weighted by Gasteiger charge is 2.28. The maximum atomic E-state index is 13.7. The van der Waals surface area contributed by atoms with Crippen LogP contribution < -0.4 is 4.74 Å². The molecule has 0 N–H and O–H groups in total. The van der Waals surface area contributed by atoms with E-state index >= 15 is 0 Å². The van der Waals surface area contributed by atoms with Gasteiger partial charge in [0.2, 0.25) is 0 Å². The molecule has 4 nitrogen and oxygen atoms in total. The van der Waals surface area contributed by atoms with Crippen molar-refractivity contribution in [3.63, 3.8) is 0 Å². The van der Waals surface area contributed by atoms with Crippen molar-refractivity contribution < 1.29 is 13.9 Å². The number of carbonyl (C=O) groups is 1. The number of benzene rings is 2. The molecule has 0 spiro atoms. The summed E-state index contributed by atoms with van der Waals surface area (Å²) in [6, 6.07) is 20.3. The molecule has 5 heteroatoms. The second-order valence-electron chi connectivity index (χ2n) is 7.92. The van der Waals surface area contributed by atoms with Gasteiger partial charge in [-0.2, -0.15) is 0 Å². The molecule has 0 aliphatic heterocycles. The van der Waals surface area contributed by atoms with Gasteiger partial charge in [-0.3, -0.25) is 9.78 Å². The van der Waals surface area contributed by atoms with Crippen LogP contribution in [-0.4, -0.2) is 28.4 Å². The summed E-state index contributed by atoms with van der Waals surface area (Å²) in [5.74, 6) is 0.521. The number of hydrogen-bond acceptors (Lipinski definition) is 3. The molecule has 1 amide bonds. The van der Waals surface area contributed by atoms with Gasteiger partial charge in [-0.15, -0.1) is 0 Å². The molecular weight excluding hydrogens is 391 g/mol. The van der Waals surface area contributed by atoms with Gasteiger partial charge >= 0.3 is 0 Å². The van der Waals surface area contributed by atoms with Crippen molar-refractivity contribution in [3.8, 4) is 5.75 Å². The van der Waals surface area contributed by atoms with E-state index < -0.39 is 0 Å². The van der Waals surface area contributed by atoms with E-state index in [2.05, 4.69) is 4.98 Å². The van der Waals surface area contributed by atoms with Gasteiger partial charge in [0.05, 0.1) is 6.61 Å². The van der Waals surface area contributed by atoms with Crippen molar-refractivity contribution in [2.75, 3.05) is 6.61 Å². The third-order valence-corrected chi connectivity index (χ3v) is 5.78. The third-order valence-electron chi connectivity index (χ3n) is 5.78. The first-order valence-electron chi connectivity index (χ1n) is 10.9. The van der Waals surface area contributed by atoms with Gasteiger partial charge in [-0.1, -0.05) is 49.2 Å². The highest BCUT2D eigenvalue weighted by Crippen LogP contribution is 2.27. The summed E-state index contributed by atoms with van der Waals surface area (Å²) in [6.45, 7) is 0.961. The Bertz CT molecular complexity index is 986. The second-order valence-corrected chi connectivity index (χ2v) is 7.92. The Labute approximate surface area is 182 Å². The minimum atomic E-state index is -0.203. The van der Waals surface area contributed by atoms with Crippen LogP contribution >= 0.6 is 0 Å². The number of aromatic nitrogens is 1. The minimum absolute atomic E-state index is 0.0160. The van der Waals surface area contributed by atoms with Gasteiger partial charge < -0.3 is 9.64 Å². The molecular formula is C26H27FN2O2. The van der Waals surface area contributed by atoms with E-state index in [9.17, 15) is 9.18 Å².